The van der Waals surface area contributed by atoms with Crippen LogP contribution in [0.2, 0.25) is 0 Å². The Kier molecular flexibility index (Phi) is 6.59. The van der Waals surface area contributed by atoms with Crippen molar-refractivity contribution in [1.82, 2.24) is 4.57 Å². The highest BCUT2D eigenvalue weighted by molar-refractivity contribution is 8.08. The van der Waals surface area contributed by atoms with E-state index in [1.807, 2.05) is 22.8 Å². The van der Waals surface area contributed by atoms with Gasteiger partial charge in [0, 0.05) is 33.8 Å². The molecule has 1 aliphatic rings. The van der Waals surface area contributed by atoms with Crippen LogP contribution in [0.15, 0.2) is 45.5 Å². The summed E-state index contributed by atoms with van der Waals surface area (Å²) in [6.45, 7) is 10.1. The van der Waals surface area contributed by atoms with Gasteiger partial charge in [0.15, 0.2) is 12.7 Å². The fourth-order valence-electron chi connectivity index (χ4n) is 4.28. The first-order valence-electron chi connectivity index (χ1n) is 11.4. The zero-order chi connectivity index (χ0) is 24.0. The smallest absolute Gasteiger partial charge is 0.271 e. The summed E-state index contributed by atoms with van der Waals surface area (Å²) in [5.74, 6) is 0. The SMILES string of the molecule is CCc1ccc2c(c1)S/C(=c1/s/c(=C\c3scc[n+]3Cc3cc(C)sc3C)n(CC)c1=O)N2C. The van der Waals surface area contributed by atoms with Crippen LogP contribution in [0.3, 0.4) is 0 Å². The van der Waals surface area contributed by atoms with Gasteiger partial charge in [-0.05, 0) is 51.0 Å². The average molecular weight is 527 g/mol. The highest BCUT2D eigenvalue weighted by Crippen LogP contribution is 2.45. The second-order valence-corrected chi connectivity index (χ2v) is 12.8. The molecule has 34 heavy (non-hydrogen) atoms. The van der Waals surface area contributed by atoms with Crippen molar-refractivity contribution in [2.24, 2.45) is 0 Å². The van der Waals surface area contributed by atoms with Gasteiger partial charge in [-0.1, -0.05) is 36.1 Å². The van der Waals surface area contributed by atoms with E-state index in [0.717, 1.165) is 32.2 Å². The van der Waals surface area contributed by atoms with E-state index < -0.39 is 0 Å². The molecule has 4 aromatic rings. The van der Waals surface area contributed by atoms with Crippen molar-refractivity contribution in [3.8, 4) is 0 Å². The number of aromatic nitrogens is 2. The second-order valence-electron chi connectivity index (χ2n) is 8.39. The van der Waals surface area contributed by atoms with Crippen LogP contribution >= 0.6 is 45.8 Å². The van der Waals surface area contributed by atoms with E-state index in [2.05, 4.69) is 79.2 Å². The first-order chi connectivity index (χ1) is 16.4. The van der Waals surface area contributed by atoms with E-state index >= 15 is 0 Å². The number of thioether (sulfide) groups is 1. The third-order valence-corrected chi connectivity index (χ3v) is 10.5. The maximum absolute atomic E-state index is 13.5. The summed E-state index contributed by atoms with van der Waals surface area (Å²) in [6, 6.07) is 8.90. The Balaban J connectivity index is 1.59. The molecule has 0 N–H and O–H groups in total. The Labute approximate surface area is 216 Å². The van der Waals surface area contributed by atoms with Crippen molar-refractivity contribution < 1.29 is 4.57 Å². The summed E-state index contributed by atoms with van der Waals surface area (Å²) in [7, 11) is 2.07. The minimum Gasteiger partial charge on any atom is -0.337 e. The molecule has 0 bridgehead atoms. The molecule has 0 unspecified atom stereocenters. The third kappa shape index (κ3) is 4.21. The fourth-order valence-corrected chi connectivity index (χ4v) is 8.60. The Morgan fingerprint density at radius 1 is 1.12 bits per heavy atom. The zero-order valence-corrected chi connectivity index (χ0v) is 23.3. The van der Waals surface area contributed by atoms with Crippen molar-refractivity contribution >= 4 is 62.6 Å². The third-order valence-electron chi connectivity index (χ3n) is 6.17. The number of benzene rings is 1. The van der Waals surface area contributed by atoms with Crippen molar-refractivity contribution in [3.05, 3.63) is 81.3 Å². The van der Waals surface area contributed by atoms with Gasteiger partial charge >= 0.3 is 0 Å². The molecule has 3 aromatic heterocycles. The first kappa shape index (κ1) is 23.6. The topological polar surface area (TPSA) is 29.1 Å². The van der Waals surface area contributed by atoms with Crippen molar-refractivity contribution in [3.63, 3.8) is 0 Å². The minimum absolute atomic E-state index is 0.101. The Morgan fingerprint density at radius 2 is 1.94 bits per heavy atom. The summed E-state index contributed by atoms with van der Waals surface area (Å²) in [5, 5.41) is 4.32. The first-order valence-corrected chi connectivity index (χ1v) is 14.8. The Morgan fingerprint density at radius 3 is 2.65 bits per heavy atom. The van der Waals surface area contributed by atoms with Gasteiger partial charge in [0.25, 0.3) is 10.6 Å². The van der Waals surface area contributed by atoms with Gasteiger partial charge in [0.05, 0.1) is 17.1 Å². The largest absolute Gasteiger partial charge is 0.337 e. The van der Waals surface area contributed by atoms with Crippen LogP contribution in [-0.2, 0) is 19.5 Å². The van der Waals surface area contributed by atoms with Crippen molar-refractivity contribution in [1.29, 1.82) is 0 Å². The molecule has 1 aliphatic heterocycles. The summed E-state index contributed by atoms with van der Waals surface area (Å²) in [6.07, 6.45) is 5.34. The molecule has 8 heteroatoms. The van der Waals surface area contributed by atoms with Crippen LogP contribution in [-0.4, -0.2) is 11.6 Å². The van der Waals surface area contributed by atoms with E-state index in [1.165, 1.54) is 31.5 Å². The molecule has 4 heterocycles. The molecule has 0 spiro atoms. The summed E-state index contributed by atoms with van der Waals surface area (Å²) in [4.78, 5) is 19.6. The number of aryl methyl sites for hydroxylation is 3. The molecule has 4 nitrogen and oxygen atoms in total. The molecular formula is C26H28N3OS4+. The van der Waals surface area contributed by atoms with Crippen LogP contribution in [0.5, 0.6) is 0 Å². The number of nitrogens with zero attached hydrogens (tertiary/aromatic N) is 3. The number of hydrogen-bond donors (Lipinski definition) is 0. The van der Waals surface area contributed by atoms with E-state index in [9.17, 15) is 4.79 Å². The fraction of sp³-hybridized carbons (Fsp3) is 0.308. The van der Waals surface area contributed by atoms with E-state index in [1.54, 1.807) is 34.4 Å². The minimum atomic E-state index is 0.101. The molecule has 1 aromatic carbocycles. The summed E-state index contributed by atoms with van der Waals surface area (Å²) in [5.41, 5.74) is 3.97. The number of rotatable bonds is 5. The van der Waals surface area contributed by atoms with E-state index in [0.29, 0.717) is 6.54 Å². The number of thiazole rings is 2. The zero-order valence-electron chi connectivity index (χ0n) is 20.0. The van der Waals surface area contributed by atoms with E-state index in [-0.39, 0.29) is 5.56 Å². The van der Waals surface area contributed by atoms with Crippen molar-refractivity contribution in [2.75, 3.05) is 11.9 Å². The highest BCUT2D eigenvalue weighted by Gasteiger charge is 2.25. The van der Waals surface area contributed by atoms with Gasteiger partial charge in [0.2, 0.25) is 0 Å². The lowest BCUT2D eigenvalue weighted by Gasteiger charge is -2.12. The van der Waals surface area contributed by atoms with Gasteiger partial charge in [-0.15, -0.1) is 22.7 Å². The van der Waals surface area contributed by atoms with Gasteiger partial charge < -0.3 is 4.90 Å². The molecule has 0 amide bonds. The molecule has 5 rings (SSSR count). The predicted molar refractivity (Wildman–Crippen MR) is 148 cm³/mol. The number of fused-ring (bicyclic) bond motifs is 1. The molecular weight excluding hydrogens is 499 g/mol. The summed E-state index contributed by atoms with van der Waals surface area (Å²) < 4.78 is 6.02. The quantitative estimate of drug-likeness (QED) is 0.353. The second kappa shape index (κ2) is 9.49. The normalized spacial score (nSPS) is 15.4. The van der Waals surface area contributed by atoms with Crippen LogP contribution in [0.1, 0.15) is 39.7 Å². The van der Waals surface area contributed by atoms with Crippen LogP contribution in [0, 0.1) is 13.8 Å². The van der Waals surface area contributed by atoms with Gasteiger partial charge in [-0.2, -0.15) is 4.57 Å². The number of anilines is 1. The molecule has 0 saturated carbocycles. The molecule has 0 fully saturated rings. The average Bonchev–Trinajstić information content (AvgIpc) is 3.55. The van der Waals surface area contributed by atoms with Crippen LogP contribution < -0.4 is 24.2 Å². The van der Waals surface area contributed by atoms with Gasteiger partial charge in [0.1, 0.15) is 14.2 Å². The summed E-state index contributed by atoms with van der Waals surface area (Å²) >= 11 is 6.89. The molecule has 176 valence electrons. The molecule has 0 aliphatic carbocycles. The van der Waals surface area contributed by atoms with Crippen molar-refractivity contribution in [2.45, 2.75) is 52.1 Å². The maximum Gasteiger partial charge on any atom is 0.271 e. The van der Waals surface area contributed by atoms with Gasteiger partial charge in [-0.3, -0.25) is 9.36 Å². The Bertz CT molecular complexity index is 1550. The maximum atomic E-state index is 13.5. The highest BCUT2D eigenvalue weighted by atomic mass is 32.2. The lowest BCUT2D eigenvalue weighted by Crippen LogP contribution is -2.36. The number of thiophene rings is 1. The lowest BCUT2D eigenvalue weighted by molar-refractivity contribution is -0.685. The standard InChI is InChI=1S/C26H28N3OS4/c1-6-18-8-9-20-21(13-18)33-26(27(20)5)24-25(30)29(7-2)23(34-24)14-22-28(10-11-31-22)15-19-12-16(3)32-17(19)4/h8-14H,6-7,15H2,1-5H3/q+1/b26-24+. The monoisotopic (exact) mass is 526 g/mol. The van der Waals surface area contributed by atoms with Gasteiger partial charge in [-0.25, -0.2) is 0 Å². The Hall–Kier alpha value is -2.13. The lowest BCUT2D eigenvalue weighted by atomic mass is 10.1. The van der Waals surface area contributed by atoms with Crippen LogP contribution in [0.4, 0.5) is 5.69 Å². The molecule has 0 atom stereocenters. The number of hydrogen-bond acceptors (Lipinski definition) is 6. The molecule has 0 saturated heterocycles. The van der Waals surface area contributed by atoms with E-state index in [4.69, 9.17) is 0 Å². The predicted octanol–water partition coefficient (Wildman–Crippen LogP) is 4.70. The molecule has 0 radical (unpaired) electrons. The van der Waals surface area contributed by atoms with Crippen LogP contribution in [0.25, 0.3) is 11.1 Å².